The Morgan fingerprint density at radius 2 is 2.04 bits per heavy atom. The summed E-state index contributed by atoms with van der Waals surface area (Å²) in [5.74, 6) is 0.413. The zero-order valence-electron chi connectivity index (χ0n) is 13.9. The highest BCUT2D eigenvalue weighted by Gasteiger charge is 2.33. The second-order valence-corrected chi connectivity index (χ2v) is 7.10. The molecule has 1 fully saturated rings. The van der Waals surface area contributed by atoms with E-state index in [0.717, 1.165) is 36.5 Å². The van der Waals surface area contributed by atoms with Gasteiger partial charge in [-0.05, 0) is 18.9 Å². The van der Waals surface area contributed by atoms with Crippen molar-refractivity contribution in [3.8, 4) is 11.4 Å². The molecule has 23 heavy (non-hydrogen) atoms. The minimum atomic E-state index is -0.351. The maximum Gasteiger partial charge on any atom is 0.227 e. The van der Waals surface area contributed by atoms with Crippen LogP contribution in [-0.4, -0.2) is 44.1 Å². The number of piperidine rings is 1. The predicted molar refractivity (Wildman–Crippen MR) is 87.6 cm³/mol. The topological polar surface area (TPSA) is 74.8 Å². The number of rotatable bonds is 2. The molecule has 6 nitrogen and oxygen atoms in total. The van der Waals surface area contributed by atoms with Crippen molar-refractivity contribution in [2.45, 2.75) is 39.5 Å². The molecule has 2 aromatic rings. The van der Waals surface area contributed by atoms with E-state index in [4.69, 9.17) is 0 Å². The number of H-pyrrole nitrogens is 1. The van der Waals surface area contributed by atoms with Gasteiger partial charge in [0.05, 0.1) is 11.4 Å². The molecule has 1 aliphatic rings. The summed E-state index contributed by atoms with van der Waals surface area (Å²) in [6.45, 7) is 7.44. The van der Waals surface area contributed by atoms with Crippen LogP contribution in [0, 0.1) is 5.41 Å². The average molecular weight is 313 g/mol. The van der Waals surface area contributed by atoms with Gasteiger partial charge in [-0.15, -0.1) is 0 Å². The smallest absolute Gasteiger partial charge is 0.227 e. The summed E-state index contributed by atoms with van der Waals surface area (Å²) in [5.41, 5.74) is 2.30. The van der Waals surface area contributed by atoms with E-state index in [1.165, 1.54) is 0 Å². The molecule has 2 aromatic heterocycles. The Labute approximate surface area is 136 Å². The highest BCUT2D eigenvalue weighted by molar-refractivity contribution is 5.81. The normalized spacial score (nSPS) is 18.9. The summed E-state index contributed by atoms with van der Waals surface area (Å²) in [6, 6.07) is 1.90. The molecule has 0 radical (unpaired) electrons. The number of nitrogens with zero attached hydrogens (tertiary/aromatic N) is 4. The van der Waals surface area contributed by atoms with Crippen molar-refractivity contribution >= 4 is 5.91 Å². The van der Waals surface area contributed by atoms with Crippen molar-refractivity contribution < 1.29 is 4.79 Å². The summed E-state index contributed by atoms with van der Waals surface area (Å²) >= 11 is 0. The molecule has 0 bridgehead atoms. The third-order valence-electron chi connectivity index (χ3n) is 4.22. The number of hydrogen-bond acceptors (Lipinski definition) is 4. The van der Waals surface area contributed by atoms with Gasteiger partial charge in [0.15, 0.2) is 0 Å². The molecule has 1 N–H and O–H groups in total. The number of carbonyl (C=O) groups is 1. The van der Waals surface area contributed by atoms with E-state index >= 15 is 0 Å². The molecular weight excluding hydrogens is 290 g/mol. The molecule has 1 atom stereocenters. The van der Waals surface area contributed by atoms with Crippen LogP contribution in [0.4, 0.5) is 0 Å². The molecule has 0 spiro atoms. The molecule has 1 saturated heterocycles. The Hall–Kier alpha value is -2.24. The van der Waals surface area contributed by atoms with Crippen LogP contribution < -0.4 is 0 Å². The number of aromatic nitrogens is 4. The first-order chi connectivity index (χ1) is 11.0. The first kappa shape index (κ1) is 15.6. The Bertz CT molecular complexity index is 675. The Morgan fingerprint density at radius 3 is 2.74 bits per heavy atom. The molecule has 122 valence electrons. The molecule has 6 heteroatoms. The highest BCUT2D eigenvalue weighted by Crippen LogP contribution is 2.32. The van der Waals surface area contributed by atoms with Gasteiger partial charge in [0, 0.05) is 43.0 Å². The molecular formula is C17H23N5O. The van der Waals surface area contributed by atoms with Crippen molar-refractivity contribution in [2.75, 3.05) is 13.1 Å². The Balaban J connectivity index is 1.87. The summed E-state index contributed by atoms with van der Waals surface area (Å²) in [4.78, 5) is 23.6. The van der Waals surface area contributed by atoms with Crippen molar-refractivity contribution in [1.29, 1.82) is 0 Å². The van der Waals surface area contributed by atoms with E-state index in [-0.39, 0.29) is 17.2 Å². The molecule has 0 aromatic carbocycles. The van der Waals surface area contributed by atoms with Crippen LogP contribution in [0.3, 0.4) is 0 Å². The zero-order chi connectivity index (χ0) is 16.4. The summed E-state index contributed by atoms with van der Waals surface area (Å²) in [6.07, 6.45) is 7.14. The zero-order valence-corrected chi connectivity index (χ0v) is 13.9. The molecule has 1 amide bonds. The minimum Gasteiger partial charge on any atom is -0.342 e. The number of amides is 1. The lowest BCUT2D eigenvalue weighted by Crippen LogP contribution is -2.44. The summed E-state index contributed by atoms with van der Waals surface area (Å²) < 4.78 is 0. The fourth-order valence-corrected chi connectivity index (χ4v) is 3.10. The molecule has 3 heterocycles. The molecule has 0 unspecified atom stereocenters. The maximum atomic E-state index is 12.6. The van der Waals surface area contributed by atoms with E-state index < -0.39 is 0 Å². The quantitative estimate of drug-likeness (QED) is 0.925. The molecule has 3 rings (SSSR count). The first-order valence-electron chi connectivity index (χ1n) is 8.07. The lowest BCUT2D eigenvalue weighted by Gasteiger charge is -2.36. The SMILES string of the molecule is CC(C)(C)C(=O)N1CCC[C@@H](c2nccnc2-c2ccn[nH]2)C1. The van der Waals surface area contributed by atoms with E-state index in [0.29, 0.717) is 6.54 Å². The van der Waals surface area contributed by atoms with Crippen molar-refractivity contribution in [1.82, 2.24) is 25.1 Å². The molecule has 0 saturated carbocycles. The van der Waals surface area contributed by atoms with Crippen LogP contribution in [0.15, 0.2) is 24.7 Å². The lowest BCUT2D eigenvalue weighted by atomic mass is 9.89. The fraction of sp³-hybridized carbons (Fsp3) is 0.529. The van der Waals surface area contributed by atoms with Gasteiger partial charge in [0.25, 0.3) is 0 Å². The van der Waals surface area contributed by atoms with Gasteiger partial charge in [-0.3, -0.25) is 19.9 Å². The van der Waals surface area contributed by atoms with Gasteiger partial charge in [0.1, 0.15) is 5.69 Å². The number of likely N-dealkylation sites (tertiary alicyclic amines) is 1. The van der Waals surface area contributed by atoms with Gasteiger partial charge >= 0.3 is 0 Å². The third kappa shape index (κ3) is 3.25. The number of nitrogens with one attached hydrogen (secondary N) is 1. The van der Waals surface area contributed by atoms with Crippen LogP contribution in [0.2, 0.25) is 0 Å². The van der Waals surface area contributed by atoms with E-state index in [1.807, 2.05) is 31.7 Å². The van der Waals surface area contributed by atoms with Crippen LogP contribution in [0.25, 0.3) is 11.4 Å². The second-order valence-electron chi connectivity index (χ2n) is 7.10. The minimum absolute atomic E-state index is 0.203. The van der Waals surface area contributed by atoms with Gasteiger partial charge in [0.2, 0.25) is 5.91 Å². The molecule has 1 aliphatic heterocycles. The standard InChI is InChI=1S/C17H23N5O/c1-17(2,3)16(23)22-10-4-5-12(11-22)14-15(19-9-8-18-14)13-6-7-20-21-13/h6-9,12H,4-5,10-11H2,1-3H3,(H,20,21)/t12-/m1/s1. The largest absolute Gasteiger partial charge is 0.342 e. The van der Waals surface area contributed by atoms with Crippen LogP contribution >= 0.6 is 0 Å². The van der Waals surface area contributed by atoms with Crippen molar-refractivity contribution in [3.63, 3.8) is 0 Å². The van der Waals surface area contributed by atoms with Crippen molar-refractivity contribution in [3.05, 3.63) is 30.4 Å². The predicted octanol–water partition coefficient (Wildman–Crippen LogP) is 2.62. The number of carbonyl (C=O) groups excluding carboxylic acids is 1. The molecule has 0 aliphatic carbocycles. The first-order valence-corrected chi connectivity index (χ1v) is 8.07. The monoisotopic (exact) mass is 313 g/mol. The lowest BCUT2D eigenvalue weighted by molar-refractivity contribution is -0.140. The van der Waals surface area contributed by atoms with Gasteiger partial charge in [-0.1, -0.05) is 20.8 Å². The van der Waals surface area contributed by atoms with Gasteiger partial charge in [-0.25, -0.2) is 0 Å². The van der Waals surface area contributed by atoms with Crippen LogP contribution in [-0.2, 0) is 4.79 Å². The number of hydrogen-bond donors (Lipinski definition) is 1. The van der Waals surface area contributed by atoms with E-state index in [1.54, 1.807) is 18.6 Å². The third-order valence-corrected chi connectivity index (χ3v) is 4.22. The Morgan fingerprint density at radius 1 is 1.26 bits per heavy atom. The van der Waals surface area contributed by atoms with Gasteiger partial charge in [-0.2, -0.15) is 5.10 Å². The Kier molecular flexibility index (Phi) is 4.15. The van der Waals surface area contributed by atoms with Crippen molar-refractivity contribution in [2.24, 2.45) is 5.41 Å². The van der Waals surface area contributed by atoms with Crippen LogP contribution in [0.5, 0.6) is 0 Å². The summed E-state index contributed by atoms with van der Waals surface area (Å²) in [7, 11) is 0. The maximum absolute atomic E-state index is 12.6. The van der Waals surface area contributed by atoms with E-state index in [9.17, 15) is 4.79 Å². The number of aromatic amines is 1. The highest BCUT2D eigenvalue weighted by atomic mass is 16.2. The fourth-order valence-electron chi connectivity index (χ4n) is 3.10. The average Bonchev–Trinajstić information content (AvgIpc) is 3.08. The second kappa shape index (κ2) is 6.10. The van der Waals surface area contributed by atoms with Gasteiger partial charge < -0.3 is 4.90 Å². The van der Waals surface area contributed by atoms with E-state index in [2.05, 4.69) is 20.2 Å². The summed E-state index contributed by atoms with van der Waals surface area (Å²) in [5, 5.41) is 6.96. The van der Waals surface area contributed by atoms with Crippen LogP contribution in [0.1, 0.15) is 45.2 Å².